The normalized spacial score (nSPS) is 13.1. The maximum Gasteiger partial charge on any atom is 0.307 e. The summed E-state index contributed by atoms with van der Waals surface area (Å²) in [5.41, 5.74) is 2.59. The molecule has 3 rings (SSSR count). The van der Waals surface area contributed by atoms with Crippen LogP contribution in [0.3, 0.4) is 0 Å². The lowest BCUT2D eigenvalue weighted by Crippen LogP contribution is -2.35. The number of ether oxygens (including phenoxy) is 1. The van der Waals surface area contributed by atoms with Crippen molar-refractivity contribution in [3.63, 3.8) is 0 Å². The fourth-order valence-corrected chi connectivity index (χ4v) is 3.34. The van der Waals surface area contributed by atoms with Gasteiger partial charge in [0.15, 0.2) is 5.78 Å². The van der Waals surface area contributed by atoms with Crippen LogP contribution in [0.4, 0.5) is 0 Å². The summed E-state index contributed by atoms with van der Waals surface area (Å²) in [5, 5.41) is 0. The minimum atomic E-state index is -0.455. The Labute approximate surface area is 156 Å². The number of benzene rings is 1. The summed E-state index contributed by atoms with van der Waals surface area (Å²) in [6.45, 7) is 3.70. The molecular formula is C20H20N2O5. The molecule has 27 heavy (non-hydrogen) atoms. The van der Waals surface area contributed by atoms with E-state index in [-0.39, 0.29) is 24.7 Å². The maximum absolute atomic E-state index is 12.8. The number of Topliss-reactive ketones (excluding diaryl/α,β-unsaturated/α-hetero) is 1. The second-order valence-electron chi connectivity index (χ2n) is 6.43. The number of rotatable bonds is 6. The quantitative estimate of drug-likeness (QED) is 0.443. The molecule has 0 saturated heterocycles. The number of carbonyl (C=O) groups excluding carboxylic acids is 4. The van der Waals surface area contributed by atoms with Crippen LogP contribution in [0.15, 0.2) is 30.3 Å². The number of fused-ring (bicyclic) bond motifs is 1. The van der Waals surface area contributed by atoms with Crippen LogP contribution in [0.2, 0.25) is 0 Å². The molecule has 140 valence electrons. The van der Waals surface area contributed by atoms with Crippen LogP contribution >= 0.6 is 0 Å². The zero-order valence-electron chi connectivity index (χ0n) is 15.4. The van der Waals surface area contributed by atoms with E-state index in [9.17, 15) is 19.2 Å². The van der Waals surface area contributed by atoms with E-state index in [0.29, 0.717) is 28.9 Å². The lowest BCUT2D eigenvalue weighted by Gasteiger charge is -2.13. The molecule has 0 radical (unpaired) electrons. The summed E-state index contributed by atoms with van der Waals surface area (Å²) in [6.07, 6.45) is 0.193. The Kier molecular flexibility index (Phi) is 4.94. The Morgan fingerprint density at radius 2 is 1.63 bits per heavy atom. The van der Waals surface area contributed by atoms with Crippen LogP contribution in [0, 0.1) is 13.8 Å². The van der Waals surface area contributed by atoms with Crippen molar-refractivity contribution in [3.8, 4) is 0 Å². The van der Waals surface area contributed by atoms with Gasteiger partial charge in [0.25, 0.3) is 11.8 Å². The smallest absolute Gasteiger partial charge is 0.307 e. The fourth-order valence-electron chi connectivity index (χ4n) is 3.34. The molecule has 1 aliphatic heterocycles. The summed E-state index contributed by atoms with van der Waals surface area (Å²) in [6, 6.07) is 8.25. The van der Waals surface area contributed by atoms with Gasteiger partial charge in [-0.2, -0.15) is 0 Å². The number of methoxy groups -OCH3 is 1. The molecule has 7 nitrogen and oxygen atoms in total. The van der Waals surface area contributed by atoms with Crippen LogP contribution in [0.5, 0.6) is 0 Å². The molecule has 0 N–H and O–H groups in total. The minimum Gasteiger partial charge on any atom is -0.469 e. The fraction of sp³-hybridized carbons (Fsp3) is 0.300. The van der Waals surface area contributed by atoms with Crippen LogP contribution in [-0.2, 0) is 16.1 Å². The third-order valence-electron chi connectivity index (χ3n) is 4.82. The number of esters is 1. The second kappa shape index (κ2) is 7.19. The van der Waals surface area contributed by atoms with Crippen LogP contribution in [-0.4, -0.2) is 46.7 Å². The number of carbonyl (C=O) groups is 4. The number of amides is 2. The largest absolute Gasteiger partial charge is 0.469 e. The molecule has 1 aromatic heterocycles. The van der Waals surface area contributed by atoms with Crippen molar-refractivity contribution < 1.29 is 23.9 Å². The molecule has 1 aliphatic rings. The van der Waals surface area contributed by atoms with E-state index in [4.69, 9.17) is 0 Å². The van der Waals surface area contributed by atoms with Crippen LogP contribution in [0.1, 0.15) is 48.9 Å². The van der Waals surface area contributed by atoms with E-state index in [1.54, 1.807) is 37.3 Å². The Balaban J connectivity index is 1.79. The minimum absolute atomic E-state index is 0.193. The Morgan fingerprint density at radius 1 is 1.04 bits per heavy atom. The van der Waals surface area contributed by atoms with Gasteiger partial charge in [-0.1, -0.05) is 12.1 Å². The van der Waals surface area contributed by atoms with Crippen LogP contribution in [0.25, 0.3) is 0 Å². The van der Waals surface area contributed by atoms with Gasteiger partial charge >= 0.3 is 5.97 Å². The summed E-state index contributed by atoms with van der Waals surface area (Å²) >= 11 is 0. The van der Waals surface area contributed by atoms with Gasteiger partial charge in [-0.15, -0.1) is 0 Å². The van der Waals surface area contributed by atoms with Crippen molar-refractivity contribution in [3.05, 3.63) is 58.4 Å². The molecular weight excluding hydrogens is 348 g/mol. The highest BCUT2D eigenvalue weighted by atomic mass is 16.5. The zero-order chi connectivity index (χ0) is 19.7. The third-order valence-corrected chi connectivity index (χ3v) is 4.82. The first-order chi connectivity index (χ1) is 12.8. The van der Waals surface area contributed by atoms with Crippen molar-refractivity contribution in [1.82, 2.24) is 9.47 Å². The molecule has 7 heteroatoms. The van der Waals surface area contributed by atoms with E-state index in [0.717, 1.165) is 10.6 Å². The van der Waals surface area contributed by atoms with Crippen molar-refractivity contribution in [2.45, 2.75) is 26.8 Å². The van der Waals surface area contributed by atoms with Gasteiger partial charge < -0.3 is 9.30 Å². The van der Waals surface area contributed by atoms with Gasteiger partial charge in [-0.05, 0) is 32.0 Å². The molecule has 2 heterocycles. The van der Waals surface area contributed by atoms with Crippen LogP contribution < -0.4 is 0 Å². The van der Waals surface area contributed by atoms with E-state index >= 15 is 0 Å². The van der Waals surface area contributed by atoms with E-state index in [1.165, 1.54) is 7.11 Å². The number of hydrogen-bond donors (Lipinski definition) is 0. The lowest BCUT2D eigenvalue weighted by atomic mass is 10.1. The van der Waals surface area contributed by atoms with Gasteiger partial charge in [0.05, 0.1) is 31.2 Å². The summed E-state index contributed by atoms with van der Waals surface area (Å²) in [4.78, 5) is 50.0. The first kappa shape index (κ1) is 18.6. The summed E-state index contributed by atoms with van der Waals surface area (Å²) in [7, 11) is 1.33. The maximum atomic E-state index is 12.8. The first-order valence-electron chi connectivity index (χ1n) is 8.57. The van der Waals surface area contributed by atoms with Gasteiger partial charge in [-0.3, -0.25) is 24.1 Å². The van der Waals surface area contributed by atoms with E-state index in [2.05, 4.69) is 4.74 Å². The number of imide groups is 1. The molecule has 2 amide bonds. The molecule has 0 unspecified atom stereocenters. The topological polar surface area (TPSA) is 85.7 Å². The van der Waals surface area contributed by atoms with Gasteiger partial charge in [0.1, 0.15) is 0 Å². The number of nitrogens with zero attached hydrogens (tertiary/aromatic N) is 2. The molecule has 0 saturated carbocycles. The average molecular weight is 368 g/mol. The molecule has 0 spiro atoms. The lowest BCUT2D eigenvalue weighted by molar-refractivity contribution is -0.140. The molecule has 0 aliphatic carbocycles. The van der Waals surface area contributed by atoms with Crippen molar-refractivity contribution >= 4 is 23.6 Å². The monoisotopic (exact) mass is 368 g/mol. The standard InChI is InChI=1S/C20H20N2O5/c1-12-10-16(13(2)21(12)9-8-18(24)27-3)17(23)11-22-19(25)14-6-4-5-7-15(14)20(22)26/h4-7,10H,8-9,11H2,1-3H3. The molecule has 2 aromatic rings. The van der Waals surface area contributed by atoms with Crippen molar-refractivity contribution in [2.75, 3.05) is 13.7 Å². The molecule has 0 fully saturated rings. The van der Waals surface area contributed by atoms with Crippen molar-refractivity contribution in [1.29, 1.82) is 0 Å². The van der Waals surface area contributed by atoms with E-state index in [1.807, 2.05) is 11.5 Å². The van der Waals surface area contributed by atoms with E-state index < -0.39 is 11.8 Å². The summed E-state index contributed by atoms with van der Waals surface area (Å²) in [5.74, 6) is -1.56. The Bertz CT molecular complexity index is 922. The third kappa shape index (κ3) is 3.28. The Hall–Kier alpha value is -3.22. The van der Waals surface area contributed by atoms with Gasteiger partial charge in [0, 0.05) is 23.5 Å². The number of hydrogen-bond acceptors (Lipinski definition) is 5. The first-order valence-corrected chi connectivity index (χ1v) is 8.57. The predicted molar refractivity (Wildman–Crippen MR) is 96.7 cm³/mol. The summed E-state index contributed by atoms with van der Waals surface area (Å²) < 4.78 is 6.50. The molecule has 1 aromatic carbocycles. The highest BCUT2D eigenvalue weighted by Gasteiger charge is 2.36. The second-order valence-corrected chi connectivity index (χ2v) is 6.43. The molecule has 0 bridgehead atoms. The number of ketones is 1. The highest BCUT2D eigenvalue weighted by Crippen LogP contribution is 2.24. The number of aryl methyl sites for hydroxylation is 1. The number of aromatic nitrogens is 1. The van der Waals surface area contributed by atoms with Crippen molar-refractivity contribution in [2.24, 2.45) is 0 Å². The molecule has 0 atom stereocenters. The Morgan fingerprint density at radius 3 is 2.19 bits per heavy atom. The zero-order valence-corrected chi connectivity index (χ0v) is 15.4. The van der Waals surface area contributed by atoms with Gasteiger partial charge in [-0.25, -0.2) is 0 Å². The average Bonchev–Trinajstić information content (AvgIpc) is 3.08. The highest BCUT2D eigenvalue weighted by molar-refractivity contribution is 6.23. The van der Waals surface area contributed by atoms with Gasteiger partial charge in [0.2, 0.25) is 0 Å². The predicted octanol–water partition coefficient (Wildman–Crippen LogP) is 2.15. The SMILES string of the molecule is COC(=O)CCn1c(C)cc(C(=O)CN2C(=O)c3ccccc3C2=O)c1C.